The van der Waals surface area contributed by atoms with E-state index in [0.29, 0.717) is 35.5 Å². The molecule has 4 saturated carbocycles. The molecule has 11 atom stereocenters. The number of sulfone groups is 1. The maximum Gasteiger partial charge on any atom is 0.417 e. The Morgan fingerprint density at radius 1 is 0.907 bits per heavy atom. The van der Waals surface area contributed by atoms with Gasteiger partial charge in [0.15, 0.2) is 15.4 Å². The van der Waals surface area contributed by atoms with Crippen LogP contribution in [0.1, 0.15) is 106 Å². The van der Waals surface area contributed by atoms with Gasteiger partial charge in [0.2, 0.25) is 0 Å². The van der Waals surface area contributed by atoms with Gasteiger partial charge in [-0.15, -0.1) is 0 Å². The van der Waals surface area contributed by atoms with Crippen molar-refractivity contribution in [1.82, 2.24) is 0 Å². The summed E-state index contributed by atoms with van der Waals surface area (Å²) in [5.41, 5.74) is -3.28. The molecule has 5 rings (SSSR count). The molecule has 0 aromatic heterocycles. The van der Waals surface area contributed by atoms with Crippen molar-refractivity contribution in [1.29, 1.82) is 0 Å². The molecule has 0 heterocycles. The Morgan fingerprint density at radius 2 is 1.53 bits per heavy atom. The van der Waals surface area contributed by atoms with E-state index in [0.717, 1.165) is 32.1 Å². The minimum Gasteiger partial charge on any atom is -0.393 e. The number of hydrogen-bond donors (Lipinski definition) is 2. The predicted octanol–water partition coefficient (Wildman–Crippen LogP) is 8.21. The average Bonchev–Trinajstić information content (AvgIpc) is 3.28. The Kier molecular flexibility index (Phi) is 8.51. The van der Waals surface area contributed by atoms with E-state index in [1.807, 2.05) is 26.8 Å². The zero-order valence-electron chi connectivity index (χ0n) is 26.8. The van der Waals surface area contributed by atoms with Crippen molar-refractivity contribution in [3.63, 3.8) is 0 Å². The highest BCUT2D eigenvalue weighted by Crippen LogP contribution is 2.69. The molecule has 0 saturated heterocycles. The van der Waals surface area contributed by atoms with Gasteiger partial charge in [0.1, 0.15) is 0 Å². The molecule has 4 fully saturated rings. The van der Waals surface area contributed by atoms with Crippen LogP contribution >= 0.6 is 0 Å². The second-order valence-corrected chi connectivity index (χ2v) is 18.7. The van der Waals surface area contributed by atoms with Crippen LogP contribution in [0.4, 0.5) is 13.2 Å². The van der Waals surface area contributed by atoms with Gasteiger partial charge in [0.05, 0.1) is 16.2 Å². The van der Waals surface area contributed by atoms with Crippen LogP contribution in [0.15, 0.2) is 35.2 Å². The topological polar surface area (TPSA) is 74.6 Å². The van der Waals surface area contributed by atoms with Crippen LogP contribution in [0.5, 0.6) is 0 Å². The van der Waals surface area contributed by atoms with E-state index < -0.39 is 38.4 Å². The number of fused-ring (bicyclic) bond motifs is 5. The molecule has 244 valence electrons. The standard InChI is InChI=1S/C35H53F3O4S/c1-22(29(20-30(39)31(2,3)4)43(41,42)24-10-8-7-9-11-24)26-14-15-27-25-13-12-23-21-34(40,35(36,37)38)19-18-32(23,5)28(25)16-17-33(26,27)6/h7-11,22-23,25-30,39-40H,12-21H2,1-6H3/t22-,23-,25-,26+,27-,28-,29?,30-,32-,33+,34-/m0/s1. The Balaban J connectivity index is 1.41. The van der Waals surface area contributed by atoms with Gasteiger partial charge >= 0.3 is 6.18 Å². The first-order chi connectivity index (χ1) is 19.8. The van der Waals surface area contributed by atoms with Gasteiger partial charge < -0.3 is 10.2 Å². The Morgan fingerprint density at radius 3 is 2.14 bits per heavy atom. The first-order valence-corrected chi connectivity index (χ1v) is 18.1. The van der Waals surface area contributed by atoms with Crippen LogP contribution in [0.25, 0.3) is 0 Å². The molecule has 0 aliphatic heterocycles. The maximum absolute atomic E-state index is 14.2. The second kappa shape index (κ2) is 11.0. The number of alkyl halides is 3. The van der Waals surface area contributed by atoms with E-state index in [2.05, 4.69) is 20.8 Å². The quantitative estimate of drug-likeness (QED) is 0.334. The number of aliphatic hydroxyl groups is 2. The molecule has 8 heteroatoms. The summed E-state index contributed by atoms with van der Waals surface area (Å²) in [6.45, 7) is 12.5. The average molecular weight is 627 g/mol. The minimum absolute atomic E-state index is 0.0533. The first-order valence-electron chi connectivity index (χ1n) is 16.5. The van der Waals surface area contributed by atoms with Crippen molar-refractivity contribution >= 4 is 9.84 Å². The van der Waals surface area contributed by atoms with Gasteiger partial charge in [-0.25, -0.2) is 8.42 Å². The SMILES string of the molecule is C[C@H](C(C[C@H](O)C(C)(C)C)S(=O)(=O)c1ccccc1)[C@H]1CC[C@H]2[C@@H]3CC[C@H]4C[C@](O)(C(F)(F)F)CC[C@]4(C)[C@H]3CC[C@]12C. The van der Waals surface area contributed by atoms with Gasteiger partial charge in [0, 0.05) is 0 Å². The highest BCUT2D eigenvalue weighted by atomic mass is 32.2. The predicted molar refractivity (Wildman–Crippen MR) is 163 cm³/mol. The van der Waals surface area contributed by atoms with E-state index in [4.69, 9.17) is 0 Å². The molecule has 0 bridgehead atoms. The van der Waals surface area contributed by atoms with Gasteiger partial charge in [0.25, 0.3) is 0 Å². The molecule has 4 aliphatic carbocycles. The van der Waals surface area contributed by atoms with E-state index in [1.54, 1.807) is 24.3 Å². The third kappa shape index (κ3) is 5.51. The summed E-state index contributed by atoms with van der Waals surface area (Å²) in [6.07, 6.45) is 0.257. The van der Waals surface area contributed by atoms with Crippen molar-refractivity contribution in [2.75, 3.05) is 0 Å². The molecule has 0 radical (unpaired) electrons. The minimum atomic E-state index is -4.59. The monoisotopic (exact) mass is 626 g/mol. The molecule has 4 nitrogen and oxygen atoms in total. The third-order valence-electron chi connectivity index (χ3n) is 13.5. The lowest BCUT2D eigenvalue weighted by molar-refractivity contribution is -0.290. The highest BCUT2D eigenvalue weighted by molar-refractivity contribution is 7.92. The van der Waals surface area contributed by atoms with Crippen LogP contribution in [-0.2, 0) is 9.84 Å². The molecule has 1 unspecified atom stereocenters. The molecular weight excluding hydrogens is 573 g/mol. The van der Waals surface area contributed by atoms with Crippen molar-refractivity contribution in [3.8, 4) is 0 Å². The molecule has 0 spiro atoms. The molecular formula is C35H53F3O4S. The van der Waals surface area contributed by atoms with Crippen LogP contribution in [0.2, 0.25) is 0 Å². The molecule has 2 N–H and O–H groups in total. The number of benzene rings is 1. The summed E-state index contributed by atoms with van der Waals surface area (Å²) >= 11 is 0. The smallest absolute Gasteiger partial charge is 0.393 e. The van der Waals surface area contributed by atoms with Gasteiger partial charge in [-0.05, 0) is 128 Å². The van der Waals surface area contributed by atoms with Gasteiger partial charge in [-0.3, -0.25) is 0 Å². The van der Waals surface area contributed by atoms with Crippen molar-refractivity contribution in [2.24, 2.45) is 51.8 Å². The van der Waals surface area contributed by atoms with E-state index >= 15 is 0 Å². The van der Waals surface area contributed by atoms with E-state index in [9.17, 15) is 31.8 Å². The second-order valence-electron chi connectivity index (χ2n) is 16.5. The summed E-state index contributed by atoms with van der Waals surface area (Å²) in [6, 6.07) is 8.63. The van der Waals surface area contributed by atoms with Crippen molar-refractivity contribution in [2.45, 2.75) is 134 Å². The van der Waals surface area contributed by atoms with Crippen LogP contribution in [0, 0.1) is 51.8 Å². The first kappa shape index (κ1) is 33.2. The lowest BCUT2D eigenvalue weighted by Crippen LogP contribution is -2.59. The number of aliphatic hydroxyl groups excluding tert-OH is 1. The van der Waals surface area contributed by atoms with Gasteiger partial charge in [-0.1, -0.05) is 59.7 Å². The summed E-state index contributed by atoms with van der Waals surface area (Å²) < 4.78 is 69.7. The number of rotatable bonds is 6. The van der Waals surface area contributed by atoms with Crippen molar-refractivity contribution < 1.29 is 31.8 Å². The Bertz CT molecular complexity index is 1260. The molecule has 4 aliphatic rings. The summed E-state index contributed by atoms with van der Waals surface area (Å²) in [4.78, 5) is 0.304. The molecule has 43 heavy (non-hydrogen) atoms. The number of halogens is 3. The molecule has 1 aromatic carbocycles. The summed E-state index contributed by atoms with van der Waals surface area (Å²) in [5, 5.41) is 21.0. The van der Waals surface area contributed by atoms with E-state index in [1.165, 1.54) is 0 Å². The zero-order chi connectivity index (χ0) is 31.8. The van der Waals surface area contributed by atoms with Crippen LogP contribution in [0.3, 0.4) is 0 Å². The molecule has 1 aromatic rings. The lowest BCUT2D eigenvalue weighted by Gasteiger charge is -2.62. The fraction of sp³-hybridized carbons (Fsp3) is 0.829. The van der Waals surface area contributed by atoms with Crippen LogP contribution in [-0.4, -0.2) is 41.8 Å². The van der Waals surface area contributed by atoms with Crippen LogP contribution < -0.4 is 0 Å². The largest absolute Gasteiger partial charge is 0.417 e. The lowest BCUT2D eigenvalue weighted by atomic mass is 9.43. The third-order valence-corrected chi connectivity index (χ3v) is 15.8. The van der Waals surface area contributed by atoms with Crippen molar-refractivity contribution in [3.05, 3.63) is 30.3 Å². The normalized spacial score (nSPS) is 40.6. The van der Waals surface area contributed by atoms with Gasteiger partial charge in [-0.2, -0.15) is 13.2 Å². The zero-order valence-corrected chi connectivity index (χ0v) is 27.6. The fourth-order valence-electron chi connectivity index (χ4n) is 10.6. The molecule has 0 amide bonds. The van der Waals surface area contributed by atoms with E-state index in [-0.39, 0.29) is 47.8 Å². The Labute approximate surface area is 257 Å². The maximum atomic E-state index is 14.2. The Hall–Kier alpha value is -1.12. The number of hydrogen-bond acceptors (Lipinski definition) is 4. The summed E-state index contributed by atoms with van der Waals surface area (Å²) in [5.74, 6) is 1.06. The fourth-order valence-corrected chi connectivity index (χ4v) is 12.7. The summed E-state index contributed by atoms with van der Waals surface area (Å²) in [7, 11) is -3.71. The highest BCUT2D eigenvalue weighted by Gasteiger charge is 2.65.